The Morgan fingerprint density at radius 1 is 1.16 bits per heavy atom. The highest BCUT2D eigenvalue weighted by Gasteiger charge is 2.06. The quantitative estimate of drug-likeness (QED) is 0.713. The average Bonchev–Trinajstić information content (AvgIpc) is 2.80. The zero-order chi connectivity index (χ0) is 13.2. The van der Waals surface area contributed by atoms with E-state index in [1.807, 2.05) is 24.3 Å². The largest absolute Gasteiger partial charge is 0.504 e. The maximum Gasteiger partial charge on any atom is 0.161 e. The molecule has 0 radical (unpaired) electrons. The van der Waals surface area contributed by atoms with Crippen molar-refractivity contribution in [2.24, 2.45) is 0 Å². The lowest BCUT2D eigenvalue weighted by Gasteiger charge is -2.07. The van der Waals surface area contributed by atoms with E-state index in [1.165, 1.54) is 0 Å². The van der Waals surface area contributed by atoms with Crippen molar-refractivity contribution in [2.45, 2.75) is 6.61 Å². The Morgan fingerprint density at radius 2 is 2.00 bits per heavy atom. The number of anilines is 1. The lowest BCUT2D eigenvalue weighted by atomic mass is 10.2. The van der Waals surface area contributed by atoms with E-state index in [-0.39, 0.29) is 5.75 Å². The van der Waals surface area contributed by atoms with Gasteiger partial charge in [0.15, 0.2) is 11.5 Å². The number of fused-ring (bicyclic) bond motifs is 1. The summed E-state index contributed by atoms with van der Waals surface area (Å²) in [5.41, 5.74) is 7.63. The van der Waals surface area contributed by atoms with Crippen LogP contribution in [0.15, 0.2) is 47.8 Å². The Bertz CT molecular complexity index is 721. The van der Waals surface area contributed by atoms with E-state index in [0.717, 1.165) is 21.3 Å². The SMILES string of the molecule is Nc1ccc2c(COc3ccccc3O)csc2c1. The molecule has 3 N–H and O–H groups in total. The van der Waals surface area contributed by atoms with Crippen molar-refractivity contribution >= 4 is 27.1 Å². The number of ether oxygens (including phenoxy) is 1. The highest BCUT2D eigenvalue weighted by molar-refractivity contribution is 7.17. The van der Waals surface area contributed by atoms with Crippen molar-refractivity contribution < 1.29 is 9.84 Å². The zero-order valence-corrected chi connectivity index (χ0v) is 11.0. The van der Waals surface area contributed by atoms with Gasteiger partial charge in [0.05, 0.1) is 0 Å². The normalized spacial score (nSPS) is 10.7. The Labute approximate surface area is 114 Å². The number of nitrogens with two attached hydrogens (primary N) is 1. The number of hydrogen-bond donors (Lipinski definition) is 2. The molecular formula is C15H13NO2S. The highest BCUT2D eigenvalue weighted by atomic mass is 32.1. The van der Waals surface area contributed by atoms with Gasteiger partial charge in [-0.15, -0.1) is 11.3 Å². The second kappa shape index (κ2) is 4.82. The molecule has 1 heterocycles. The summed E-state index contributed by atoms with van der Waals surface area (Å²) in [7, 11) is 0. The smallest absolute Gasteiger partial charge is 0.161 e. The molecule has 0 bridgehead atoms. The van der Waals surface area contributed by atoms with Gasteiger partial charge in [0, 0.05) is 16.0 Å². The monoisotopic (exact) mass is 271 g/mol. The van der Waals surface area contributed by atoms with Gasteiger partial charge in [-0.3, -0.25) is 0 Å². The fourth-order valence-corrected chi connectivity index (χ4v) is 2.94. The molecule has 2 aromatic carbocycles. The second-order valence-corrected chi connectivity index (χ2v) is 5.18. The van der Waals surface area contributed by atoms with E-state index in [2.05, 4.69) is 5.38 Å². The van der Waals surface area contributed by atoms with Crippen LogP contribution >= 0.6 is 11.3 Å². The molecule has 3 nitrogen and oxygen atoms in total. The third-order valence-electron chi connectivity index (χ3n) is 2.93. The maximum atomic E-state index is 9.65. The molecular weight excluding hydrogens is 258 g/mol. The van der Waals surface area contributed by atoms with E-state index in [1.54, 1.807) is 29.5 Å². The van der Waals surface area contributed by atoms with Crippen molar-refractivity contribution in [3.63, 3.8) is 0 Å². The summed E-state index contributed by atoms with van der Waals surface area (Å²) in [4.78, 5) is 0. The van der Waals surface area contributed by atoms with Crippen LogP contribution in [0, 0.1) is 0 Å². The predicted molar refractivity (Wildman–Crippen MR) is 78.7 cm³/mol. The summed E-state index contributed by atoms with van der Waals surface area (Å²) in [5, 5.41) is 12.9. The van der Waals surface area contributed by atoms with E-state index < -0.39 is 0 Å². The summed E-state index contributed by atoms with van der Waals surface area (Å²) in [5.74, 6) is 0.656. The van der Waals surface area contributed by atoms with Gasteiger partial charge in [0.25, 0.3) is 0 Å². The van der Waals surface area contributed by atoms with Crippen molar-refractivity contribution in [1.82, 2.24) is 0 Å². The van der Waals surface area contributed by atoms with Crippen LogP contribution in [0.4, 0.5) is 5.69 Å². The number of rotatable bonds is 3. The van der Waals surface area contributed by atoms with Gasteiger partial charge in [0.1, 0.15) is 6.61 Å². The molecule has 3 aromatic rings. The number of phenols is 1. The molecule has 4 heteroatoms. The topological polar surface area (TPSA) is 55.5 Å². The first-order valence-electron chi connectivity index (χ1n) is 5.90. The highest BCUT2D eigenvalue weighted by Crippen LogP contribution is 2.30. The van der Waals surface area contributed by atoms with Gasteiger partial charge in [0.2, 0.25) is 0 Å². The molecule has 1 aromatic heterocycles. The van der Waals surface area contributed by atoms with Crippen LogP contribution in [0.2, 0.25) is 0 Å². The van der Waals surface area contributed by atoms with Crippen LogP contribution in [0.1, 0.15) is 5.56 Å². The molecule has 0 fully saturated rings. The number of nitrogen functional groups attached to an aromatic ring is 1. The molecule has 0 atom stereocenters. The lowest BCUT2D eigenvalue weighted by molar-refractivity contribution is 0.290. The van der Waals surface area contributed by atoms with Crippen molar-refractivity contribution in [3.05, 3.63) is 53.4 Å². The molecule has 0 spiro atoms. The van der Waals surface area contributed by atoms with E-state index >= 15 is 0 Å². The molecule has 0 aliphatic carbocycles. The minimum absolute atomic E-state index is 0.159. The molecule has 0 aliphatic heterocycles. The van der Waals surface area contributed by atoms with E-state index in [0.29, 0.717) is 12.4 Å². The zero-order valence-electron chi connectivity index (χ0n) is 10.2. The average molecular weight is 271 g/mol. The number of aromatic hydroxyl groups is 1. The molecule has 96 valence electrons. The predicted octanol–water partition coefficient (Wildman–Crippen LogP) is 3.77. The van der Waals surface area contributed by atoms with Crippen LogP contribution in [-0.2, 0) is 6.61 Å². The van der Waals surface area contributed by atoms with Crippen LogP contribution in [0.5, 0.6) is 11.5 Å². The number of thiophene rings is 1. The summed E-state index contributed by atoms with van der Waals surface area (Å²) in [6.45, 7) is 0.432. The van der Waals surface area contributed by atoms with Crippen LogP contribution in [-0.4, -0.2) is 5.11 Å². The fourth-order valence-electron chi connectivity index (χ4n) is 1.95. The number of benzene rings is 2. The Morgan fingerprint density at radius 3 is 2.84 bits per heavy atom. The maximum absolute atomic E-state index is 9.65. The summed E-state index contributed by atoms with van der Waals surface area (Å²) in [6, 6.07) is 12.8. The Kier molecular flexibility index (Phi) is 3.01. The standard InChI is InChI=1S/C15H13NO2S/c16-11-5-6-12-10(9-19-15(12)7-11)8-18-14-4-2-1-3-13(14)17/h1-7,9,17H,8,16H2. The number of phenolic OH excluding ortho intramolecular Hbond substituents is 1. The number of para-hydroxylation sites is 2. The molecule has 0 amide bonds. The van der Waals surface area contributed by atoms with Gasteiger partial charge >= 0.3 is 0 Å². The van der Waals surface area contributed by atoms with Crippen LogP contribution < -0.4 is 10.5 Å². The molecule has 3 rings (SSSR count). The van der Waals surface area contributed by atoms with Gasteiger partial charge in [-0.2, -0.15) is 0 Å². The van der Waals surface area contributed by atoms with Gasteiger partial charge < -0.3 is 15.6 Å². The summed E-state index contributed by atoms with van der Waals surface area (Å²) in [6.07, 6.45) is 0. The molecule has 0 saturated carbocycles. The van der Waals surface area contributed by atoms with Crippen molar-refractivity contribution in [1.29, 1.82) is 0 Å². The van der Waals surface area contributed by atoms with Gasteiger partial charge in [-0.05, 0) is 35.0 Å². The molecule has 0 unspecified atom stereocenters. The minimum atomic E-state index is 0.159. The van der Waals surface area contributed by atoms with E-state index in [9.17, 15) is 5.11 Å². The summed E-state index contributed by atoms with van der Waals surface area (Å²) < 4.78 is 6.79. The van der Waals surface area contributed by atoms with Gasteiger partial charge in [-0.25, -0.2) is 0 Å². The van der Waals surface area contributed by atoms with Gasteiger partial charge in [-0.1, -0.05) is 18.2 Å². The number of hydrogen-bond acceptors (Lipinski definition) is 4. The van der Waals surface area contributed by atoms with Crippen LogP contribution in [0.25, 0.3) is 10.1 Å². The lowest BCUT2D eigenvalue weighted by Crippen LogP contribution is -1.94. The second-order valence-electron chi connectivity index (χ2n) is 4.27. The molecule has 0 aliphatic rings. The third kappa shape index (κ3) is 2.35. The fraction of sp³-hybridized carbons (Fsp3) is 0.0667. The molecule has 0 saturated heterocycles. The first-order valence-corrected chi connectivity index (χ1v) is 6.78. The third-order valence-corrected chi connectivity index (χ3v) is 3.92. The first-order chi connectivity index (χ1) is 9.24. The summed E-state index contributed by atoms with van der Waals surface area (Å²) >= 11 is 1.64. The van der Waals surface area contributed by atoms with Crippen LogP contribution in [0.3, 0.4) is 0 Å². The molecule has 19 heavy (non-hydrogen) atoms. The first kappa shape index (κ1) is 11.9. The van der Waals surface area contributed by atoms with E-state index in [4.69, 9.17) is 10.5 Å². The minimum Gasteiger partial charge on any atom is -0.504 e. The van der Waals surface area contributed by atoms with Crippen molar-refractivity contribution in [3.8, 4) is 11.5 Å². The Hall–Kier alpha value is -2.20. The van der Waals surface area contributed by atoms with Crippen molar-refractivity contribution in [2.75, 3.05) is 5.73 Å². The Balaban J connectivity index is 1.84.